The molecular weight excluding hydrogens is 238 g/mol. The van der Waals surface area contributed by atoms with E-state index < -0.39 is 0 Å². The number of methoxy groups -OCH3 is 1. The number of H-pyrrole nitrogens is 1. The van der Waals surface area contributed by atoms with Gasteiger partial charge in [-0.3, -0.25) is 0 Å². The average molecular weight is 259 g/mol. The molecule has 19 heavy (non-hydrogen) atoms. The second-order valence-corrected chi connectivity index (χ2v) is 4.95. The van der Waals surface area contributed by atoms with Crippen molar-refractivity contribution in [2.75, 3.05) is 13.7 Å². The summed E-state index contributed by atoms with van der Waals surface area (Å²) >= 11 is 0. The molecule has 0 spiro atoms. The molecule has 1 atom stereocenters. The molecule has 0 saturated carbocycles. The summed E-state index contributed by atoms with van der Waals surface area (Å²) in [4.78, 5) is 7.67. The molecule has 1 unspecified atom stereocenters. The zero-order valence-electron chi connectivity index (χ0n) is 11.7. The summed E-state index contributed by atoms with van der Waals surface area (Å²) in [6, 6.07) is 6.33. The van der Waals surface area contributed by atoms with Crippen LogP contribution in [0.15, 0.2) is 24.4 Å². The van der Waals surface area contributed by atoms with Crippen molar-refractivity contribution in [3.05, 3.63) is 41.3 Å². The second-order valence-electron chi connectivity index (χ2n) is 4.95. The third-order valence-corrected chi connectivity index (χ3v) is 3.11. The molecule has 1 heterocycles. The number of aromatic amines is 1. The fourth-order valence-corrected chi connectivity index (χ4v) is 2.18. The van der Waals surface area contributed by atoms with Crippen LogP contribution in [0.5, 0.6) is 0 Å². The van der Waals surface area contributed by atoms with E-state index >= 15 is 0 Å². The molecule has 1 aromatic carbocycles. The van der Waals surface area contributed by atoms with Crippen LogP contribution in [0.2, 0.25) is 0 Å². The van der Waals surface area contributed by atoms with Crippen molar-refractivity contribution >= 4 is 0 Å². The lowest BCUT2D eigenvalue weighted by Gasteiger charge is -2.07. The smallest absolute Gasteiger partial charge is 0.123 e. The number of nitrogens with one attached hydrogen (secondary N) is 1. The third-order valence-electron chi connectivity index (χ3n) is 3.11. The minimum absolute atomic E-state index is 0.111. The van der Waals surface area contributed by atoms with Crippen molar-refractivity contribution < 1.29 is 4.74 Å². The van der Waals surface area contributed by atoms with E-state index in [-0.39, 0.29) is 6.04 Å². The van der Waals surface area contributed by atoms with Gasteiger partial charge in [0.2, 0.25) is 0 Å². The largest absolute Gasteiger partial charge is 0.385 e. The van der Waals surface area contributed by atoms with Gasteiger partial charge in [-0.25, -0.2) is 4.98 Å². The lowest BCUT2D eigenvalue weighted by molar-refractivity contribution is 0.187. The lowest BCUT2D eigenvalue weighted by Crippen LogP contribution is -2.14. The predicted octanol–water partition coefficient (Wildman–Crippen LogP) is 2.73. The Balaban J connectivity index is 2.20. The van der Waals surface area contributed by atoms with Crippen LogP contribution in [0, 0.1) is 13.8 Å². The Morgan fingerprint density at radius 1 is 1.26 bits per heavy atom. The first-order chi connectivity index (χ1) is 9.10. The van der Waals surface area contributed by atoms with Gasteiger partial charge in [0.15, 0.2) is 0 Å². The molecule has 0 saturated heterocycles. The molecule has 102 valence electrons. The maximum atomic E-state index is 6.06. The predicted molar refractivity (Wildman–Crippen MR) is 76.9 cm³/mol. The molecular formula is C15H21N3O. The van der Waals surface area contributed by atoms with Crippen LogP contribution in [0.4, 0.5) is 0 Å². The van der Waals surface area contributed by atoms with Crippen LogP contribution in [-0.2, 0) is 4.74 Å². The third kappa shape index (κ3) is 3.43. The Morgan fingerprint density at radius 3 is 2.58 bits per heavy atom. The van der Waals surface area contributed by atoms with Gasteiger partial charge in [0, 0.05) is 19.3 Å². The van der Waals surface area contributed by atoms with Gasteiger partial charge in [-0.05, 0) is 32.4 Å². The Hall–Kier alpha value is -1.65. The number of nitrogens with two attached hydrogens (primary N) is 1. The highest BCUT2D eigenvalue weighted by molar-refractivity contribution is 5.60. The number of nitrogens with zero attached hydrogens (tertiary/aromatic N) is 1. The maximum absolute atomic E-state index is 6.06. The molecule has 0 bridgehead atoms. The highest BCUT2D eigenvalue weighted by atomic mass is 16.5. The summed E-state index contributed by atoms with van der Waals surface area (Å²) in [6.07, 6.45) is 2.60. The summed E-state index contributed by atoms with van der Waals surface area (Å²) in [7, 11) is 1.68. The Kier molecular flexibility index (Phi) is 4.35. The van der Waals surface area contributed by atoms with Gasteiger partial charge >= 0.3 is 0 Å². The summed E-state index contributed by atoms with van der Waals surface area (Å²) in [5.74, 6) is 0.811. The molecule has 4 nitrogen and oxygen atoms in total. The van der Waals surface area contributed by atoms with Crippen molar-refractivity contribution in [2.45, 2.75) is 26.3 Å². The molecule has 2 rings (SSSR count). The zero-order valence-corrected chi connectivity index (χ0v) is 11.7. The van der Waals surface area contributed by atoms with Gasteiger partial charge in [-0.2, -0.15) is 0 Å². The van der Waals surface area contributed by atoms with Crippen LogP contribution in [0.25, 0.3) is 11.3 Å². The number of aryl methyl sites for hydroxylation is 2. The van der Waals surface area contributed by atoms with Crippen molar-refractivity contribution in [1.29, 1.82) is 0 Å². The molecule has 0 aliphatic heterocycles. The number of hydrogen-bond donors (Lipinski definition) is 2. The first-order valence-electron chi connectivity index (χ1n) is 6.48. The number of imidazole rings is 1. The van der Waals surface area contributed by atoms with E-state index in [1.807, 2.05) is 6.20 Å². The van der Waals surface area contributed by atoms with Crippen LogP contribution < -0.4 is 5.73 Å². The van der Waals surface area contributed by atoms with Crippen LogP contribution in [-0.4, -0.2) is 23.7 Å². The average Bonchev–Trinajstić information content (AvgIpc) is 2.84. The number of ether oxygens (including phenoxy) is 1. The number of aromatic nitrogens is 2. The summed E-state index contributed by atoms with van der Waals surface area (Å²) in [5, 5.41) is 0. The fraction of sp³-hybridized carbons (Fsp3) is 0.400. The van der Waals surface area contributed by atoms with E-state index in [0.29, 0.717) is 6.61 Å². The van der Waals surface area contributed by atoms with E-state index in [4.69, 9.17) is 10.5 Å². The highest BCUT2D eigenvalue weighted by Gasteiger charge is 2.11. The van der Waals surface area contributed by atoms with Gasteiger partial charge in [0.25, 0.3) is 0 Å². The van der Waals surface area contributed by atoms with Gasteiger partial charge in [-0.1, -0.05) is 17.2 Å². The van der Waals surface area contributed by atoms with E-state index in [1.165, 1.54) is 11.1 Å². The molecule has 4 heteroatoms. The zero-order chi connectivity index (χ0) is 13.8. The van der Waals surface area contributed by atoms with Gasteiger partial charge in [0.05, 0.1) is 17.9 Å². The second kappa shape index (κ2) is 5.99. The first kappa shape index (κ1) is 13.8. The normalized spacial score (nSPS) is 12.6. The van der Waals surface area contributed by atoms with E-state index in [2.05, 4.69) is 42.0 Å². The minimum Gasteiger partial charge on any atom is -0.385 e. The minimum atomic E-state index is -0.111. The Labute approximate surface area is 114 Å². The van der Waals surface area contributed by atoms with Gasteiger partial charge in [0.1, 0.15) is 5.82 Å². The van der Waals surface area contributed by atoms with Crippen molar-refractivity contribution in [2.24, 2.45) is 5.73 Å². The molecule has 2 aromatic rings. The molecule has 0 aliphatic carbocycles. The van der Waals surface area contributed by atoms with E-state index in [0.717, 1.165) is 23.5 Å². The summed E-state index contributed by atoms with van der Waals surface area (Å²) < 4.78 is 5.04. The topological polar surface area (TPSA) is 63.9 Å². The quantitative estimate of drug-likeness (QED) is 0.867. The molecule has 0 aliphatic rings. The fourth-order valence-electron chi connectivity index (χ4n) is 2.18. The molecule has 0 fully saturated rings. The summed E-state index contributed by atoms with van der Waals surface area (Å²) in [6.45, 7) is 4.83. The number of hydrogen-bond acceptors (Lipinski definition) is 3. The van der Waals surface area contributed by atoms with Crippen LogP contribution in [0.3, 0.4) is 0 Å². The standard InChI is InChI=1S/C15H21N3O/c1-10-6-11(2)8-12(7-10)14-9-17-15(18-14)13(16)4-5-19-3/h6-9,13H,4-5,16H2,1-3H3,(H,17,18). The van der Waals surface area contributed by atoms with Crippen molar-refractivity contribution in [3.63, 3.8) is 0 Å². The van der Waals surface area contributed by atoms with Crippen LogP contribution >= 0.6 is 0 Å². The molecule has 0 radical (unpaired) electrons. The SMILES string of the molecule is COCCC(N)c1ncc(-c2cc(C)cc(C)c2)[nH]1. The first-order valence-corrected chi connectivity index (χ1v) is 6.48. The lowest BCUT2D eigenvalue weighted by atomic mass is 10.1. The van der Waals surface area contributed by atoms with E-state index in [9.17, 15) is 0 Å². The van der Waals surface area contributed by atoms with E-state index in [1.54, 1.807) is 7.11 Å². The Morgan fingerprint density at radius 2 is 1.95 bits per heavy atom. The number of benzene rings is 1. The monoisotopic (exact) mass is 259 g/mol. The number of rotatable bonds is 5. The summed E-state index contributed by atoms with van der Waals surface area (Å²) in [5.41, 5.74) is 10.7. The molecule has 3 N–H and O–H groups in total. The van der Waals surface area contributed by atoms with Crippen molar-refractivity contribution in [1.82, 2.24) is 9.97 Å². The van der Waals surface area contributed by atoms with Gasteiger partial charge < -0.3 is 15.5 Å². The maximum Gasteiger partial charge on any atom is 0.123 e. The van der Waals surface area contributed by atoms with Crippen molar-refractivity contribution in [3.8, 4) is 11.3 Å². The Bertz CT molecular complexity index is 528. The molecule has 1 aromatic heterocycles. The molecule has 0 amide bonds. The van der Waals surface area contributed by atoms with Crippen LogP contribution in [0.1, 0.15) is 29.4 Å². The van der Waals surface area contributed by atoms with Gasteiger partial charge in [-0.15, -0.1) is 0 Å². The highest BCUT2D eigenvalue weighted by Crippen LogP contribution is 2.22.